The molecule has 0 aliphatic carbocycles. The molecule has 4 nitrogen and oxygen atoms in total. The Morgan fingerprint density at radius 2 is 1.25 bits per heavy atom. The molecule has 0 bridgehead atoms. The Kier molecular flexibility index (Phi) is 18.5. The van der Waals surface area contributed by atoms with E-state index in [9.17, 15) is 0 Å². The van der Waals surface area contributed by atoms with Gasteiger partial charge in [0.05, 0.1) is 13.1 Å². The highest BCUT2D eigenvalue weighted by Gasteiger charge is 1.90. The van der Waals surface area contributed by atoms with Crippen LogP contribution in [0.2, 0.25) is 0 Å². The van der Waals surface area contributed by atoms with Gasteiger partial charge >= 0.3 is 0 Å². The molecule has 74 valence electrons. The Morgan fingerprint density at radius 1 is 0.917 bits per heavy atom. The average Bonchev–Trinajstić information content (AvgIpc) is 1.97. The highest BCUT2D eigenvalue weighted by molar-refractivity contribution is 4.47. The molecule has 0 amide bonds. The topological polar surface area (TPSA) is 49.4 Å². The fourth-order valence-electron chi connectivity index (χ4n) is 0.423. The second-order valence-corrected chi connectivity index (χ2v) is 1.78. The molecule has 0 saturated carbocycles. The highest BCUT2D eigenvalue weighted by Crippen LogP contribution is 1.93. The minimum atomic E-state index is -0.111. The normalized spacial score (nSPS) is 12.6. The molecule has 0 rings (SSSR count). The van der Waals surface area contributed by atoms with Gasteiger partial charge in [0.1, 0.15) is 0 Å². The summed E-state index contributed by atoms with van der Waals surface area (Å²) < 4.78 is 0. The fraction of sp³-hybridized carbons (Fsp3) is 1.00. The maximum Gasteiger partial charge on any atom is 0.178 e. The van der Waals surface area contributed by atoms with Crippen molar-refractivity contribution < 1.29 is 0 Å². The Balaban J connectivity index is -0.000000405. The first kappa shape index (κ1) is 17.3. The summed E-state index contributed by atoms with van der Waals surface area (Å²) in [7, 11) is 0. The van der Waals surface area contributed by atoms with Crippen molar-refractivity contribution in [1.29, 1.82) is 0 Å². The minimum absolute atomic E-state index is 0. The van der Waals surface area contributed by atoms with E-state index in [4.69, 9.17) is 0 Å². The summed E-state index contributed by atoms with van der Waals surface area (Å²) in [4.78, 5) is 0. The average molecular weight is 174 g/mol. The molecule has 0 aromatic rings. The Hall–Kier alpha value is -0.800. The SMILES string of the molecule is C.C.CCN=NC(C)N=NCC. The molecule has 4 heteroatoms. The van der Waals surface area contributed by atoms with Gasteiger partial charge in [-0.1, -0.05) is 14.9 Å². The van der Waals surface area contributed by atoms with Crippen molar-refractivity contribution in [3.8, 4) is 0 Å². The molecule has 0 aromatic carbocycles. The lowest BCUT2D eigenvalue weighted by molar-refractivity contribution is 0.666. The lowest BCUT2D eigenvalue weighted by Gasteiger charge is -1.92. The molecule has 0 spiro atoms. The van der Waals surface area contributed by atoms with E-state index >= 15 is 0 Å². The maximum atomic E-state index is 3.84. The first-order valence-electron chi connectivity index (χ1n) is 3.54. The third-order valence-electron chi connectivity index (χ3n) is 0.780. The quantitative estimate of drug-likeness (QED) is 0.585. The van der Waals surface area contributed by atoms with E-state index in [1.165, 1.54) is 0 Å². The van der Waals surface area contributed by atoms with Crippen LogP contribution in [-0.4, -0.2) is 19.3 Å². The van der Waals surface area contributed by atoms with Crippen molar-refractivity contribution in [3.63, 3.8) is 0 Å². The number of hydrogen-bond acceptors (Lipinski definition) is 4. The molecule has 0 aromatic heterocycles. The van der Waals surface area contributed by atoms with Crippen LogP contribution in [0.4, 0.5) is 0 Å². The Morgan fingerprint density at radius 3 is 1.50 bits per heavy atom. The number of rotatable bonds is 4. The lowest BCUT2D eigenvalue weighted by Crippen LogP contribution is -1.89. The predicted octanol–water partition coefficient (Wildman–Crippen LogP) is 3.55. The fourth-order valence-corrected chi connectivity index (χ4v) is 0.423. The molecular formula is C8H22N4. The second kappa shape index (κ2) is 12.8. The highest BCUT2D eigenvalue weighted by atomic mass is 15.3. The van der Waals surface area contributed by atoms with Gasteiger partial charge in [-0.3, -0.25) is 0 Å². The number of nitrogens with zero attached hydrogens (tertiary/aromatic N) is 4. The van der Waals surface area contributed by atoms with Gasteiger partial charge in [-0.2, -0.15) is 20.5 Å². The van der Waals surface area contributed by atoms with Gasteiger partial charge in [0.2, 0.25) is 0 Å². The summed E-state index contributed by atoms with van der Waals surface area (Å²) in [6.07, 6.45) is -0.111. The third-order valence-corrected chi connectivity index (χ3v) is 0.780. The van der Waals surface area contributed by atoms with E-state index in [1.807, 2.05) is 20.8 Å². The molecule has 0 aliphatic rings. The van der Waals surface area contributed by atoms with Crippen LogP contribution in [0.5, 0.6) is 0 Å². The predicted molar refractivity (Wildman–Crippen MR) is 53.7 cm³/mol. The smallest absolute Gasteiger partial charge is 0.178 e. The first-order chi connectivity index (χ1) is 4.81. The van der Waals surface area contributed by atoms with Crippen LogP contribution in [-0.2, 0) is 0 Å². The standard InChI is InChI=1S/C6H14N4.2CH4/c1-4-7-9-6(3)10-8-5-2;;/h6H,4-5H2,1-3H3;2*1H4. The maximum absolute atomic E-state index is 3.84. The van der Waals surface area contributed by atoms with Crippen molar-refractivity contribution in [2.45, 2.75) is 41.8 Å². The molecular weight excluding hydrogens is 152 g/mol. The molecule has 0 radical (unpaired) electrons. The summed E-state index contributed by atoms with van der Waals surface area (Å²) in [5, 5.41) is 15.3. The molecule has 0 heterocycles. The van der Waals surface area contributed by atoms with Gasteiger partial charge in [-0.25, -0.2) is 0 Å². The summed E-state index contributed by atoms with van der Waals surface area (Å²) in [5.41, 5.74) is 0. The lowest BCUT2D eigenvalue weighted by atomic mass is 10.6. The molecule has 12 heavy (non-hydrogen) atoms. The molecule has 0 unspecified atom stereocenters. The third kappa shape index (κ3) is 11.9. The van der Waals surface area contributed by atoms with Gasteiger partial charge in [-0.15, -0.1) is 0 Å². The van der Waals surface area contributed by atoms with Crippen LogP contribution >= 0.6 is 0 Å². The zero-order chi connectivity index (χ0) is 7.82. The summed E-state index contributed by atoms with van der Waals surface area (Å²) in [6, 6.07) is 0. The van der Waals surface area contributed by atoms with Crippen LogP contribution in [0.25, 0.3) is 0 Å². The van der Waals surface area contributed by atoms with Crippen molar-refractivity contribution in [3.05, 3.63) is 0 Å². The first-order valence-corrected chi connectivity index (χ1v) is 3.54. The zero-order valence-electron chi connectivity index (χ0n) is 6.78. The van der Waals surface area contributed by atoms with E-state index in [2.05, 4.69) is 20.5 Å². The van der Waals surface area contributed by atoms with E-state index in [-0.39, 0.29) is 21.0 Å². The summed E-state index contributed by atoms with van der Waals surface area (Å²) >= 11 is 0. The molecule has 0 fully saturated rings. The summed E-state index contributed by atoms with van der Waals surface area (Å²) in [5.74, 6) is 0. The van der Waals surface area contributed by atoms with E-state index < -0.39 is 0 Å². The molecule has 0 saturated heterocycles. The van der Waals surface area contributed by atoms with Crippen LogP contribution in [0.15, 0.2) is 20.5 Å². The van der Waals surface area contributed by atoms with Crippen LogP contribution in [0.1, 0.15) is 35.6 Å². The van der Waals surface area contributed by atoms with Gasteiger partial charge in [0.15, 0.2) is 6.17 Å². The van der Waals surface area contributed by atoms with Gasteiger partial charge < -0.3 is 0 Å². The van der Waals surface area contributed by atoms with Gasteiger partial charge in [0, 0.05) is 0 Å². The van der Waals surface area contributed by atoms with E-state index in [1.54, 1.807) is 0 Å². The monoisotopic (exact) mass is 174 g/mol. The molecule has 0 atom stereocenters. The van der Waals surface area contributed by atoms with Crippen LogP contribution in [0.3, 0.4) is 0 Å². The largest absolute Gasteiger partial charge is 0.192 e. The van der Waals surface area contributed by atoms with E-state index in [0.29, 0.717) is 13.1 Å². The van der Waals surface area contributed by atoms with Crippen molar-refractivity contribution in [2.24, 2.45) is 20.5 Å². The van der Waals surface area contributed by atoms with Crippen molar-refractivity contribution in [2.75, 3.05) is 13.1 Å². The molecule has 0 aliphatic heterocycles. The van der Waals surface area contributed by atoms with Gasteiger partial charge in [0.25, 0.3) is 0 Å². The summed E-state index contributed by atoms with van der Waals surface area (Å²) in [6.45, 7) is 7.16. The van der Waals surface area contributed by atoms with Crippen molar-refractivity contribution in [1.82, 2.24) is 0 Å². The minimum Gasteiger partial charge on any atom is -0.192 e. The van der Waals surface area contributed by atoms with Crippen LogP contribution < -0.4 is 0 Å². The van der Waals surface area contributed by atoms with Crippen LogP contribution in [0, 0.1) is 0 Å². The van der Waals surface area contributed by atoms with Crippen molar-refractivity contribution >= 4 is 0 Å². The van der Waals surface area contributed by atoms with Gasteiger partial charge in [-0.05, 0) is 20.8 Å². The van der Waals surface area contributed by atoms with E-state index in [0.717, 1.165) is 0 Å². The Labute approximate surface area is 76.2 Å². The Bertz CT molecular complexity index is 106. The number of hydrogen-bond donors (Lipinski definition) is 0. The number of azo groups is 2. The molecule has 0 N–H and O–H groups in total. The zero-order valence-corrected chi connectivity index (χ0v) is 6.78. The second-order valence-electron chi connectivity index (χ2n) is 1.78.